The van der Waals surface area contributed by atoms with Crippen LogP contribution in [0.2, 0.25) is 0 Å². The second-order valence-corrected chi connectivity index (χ2v) is 6.21. The SMILES string of the molecule is CCC(NS(=O)(=O)C1CCCCC1)C(=O)O. The topological polar surface area (TPSA) is 83.5 Å². The second-order valence-electron chi connectivity index (χ2n) is 4.22. The van der Waals surface area contributed by atoms with Crippen molar-refractivity contribution < 1.29 is 18.3 Å². The van der Waals surface area contributed by atoms with Gasteiger partial charge in [0.05, 0.1) is 5.25 Å². The van der Waals surface area contributed by atoms with Crippen LogP contribution >= 0.6 is 0 Å². The molecule has 0 heterocycles. The molecule has 1 saturated carbocycles. The minimum atomic E-state index is -3.47. The Kier molecular flexibility index (Phi) is 4.73. The molecule has 0 aromatic rings. The maximum atomic E-state index is 11.9. The third-order valence-electron chi connectivity index (χ3n) is 3.00. The van der Waals surface area contributed by atoms with Crippen molar-refractivity contribution in [3.8, 4) is 0 Å². The lowest BCUT2D eigenvalue weighted by Crippen LogP contribution is -2.45. The van der Waals surface area contributed by atoms with Crippen LogP contribution in [0.4, 0.5) is 0 Å². The molecule has 0 amide bonds. The molecule has 16 heavy (non-hydrogen) atoms. The van der Waals surface area contributed by atoms with E-state index in [1.54, 1.807) is 6.92 Å². The first-order valence-electron chi connectivity index (χ1n) is 5.71. The molecule has 1 aliphatic rings. The van der Waals surface area contributed by atoms with Crippen LogP contribution in [0.3, 0.4) is 0 Å². The van der Waals surface area contributed by atoms with E-state index in [9.17, 15) is 13.2 Å². The van der Waals surface area contributed by atoms with E-state index in [1.165, 1.54) is 0 Å². The van der Waals surface area contributed by atoms with E-state index in [-0.39, 0.29) is 6.42 Å². The third-order valence-corrected chi connectivity index (χ3v) is 4.97. The number of hydrogen-bond donors (Lipinski definition) is 2. The Hall–Kier alpha value is -0.620. The molecule has 0 spiro atoms. The van der Waals surface area contributed by atoms with Gasteiger partial charge in [-0.1, -0.05) is 26.2 Å². The Morgan fingerprint density at radius 2 is 1.94 bits per heavy atom. The number of carboxylic acids is 1. The van der Waals surface area contributed by atoms with Gasteiger partial charge in [0.2, 0.25) is 10.0 Å². The molecular formula is C10H19NO4S. The molecule has 1 aliphatic carbocycles. The van der Waals surface area contributed by atoms with Crippen LogP contribution in [0.15, 0.2) is 0 Å². The molecule has 6 heteroatoms. The summed E-state index contributed by atoms with van der Waals surface area (Å²) >= 11 is 0. The molecule has 0 aromatic carbocycles. The molecule has 0 saturated heterocycles. The molecule has 1 unspecified atom stereocenters. The summed E-state index contributed by atoms with van der Waals surface area (Å²) in [7, 11) is -3.47. The van der Waals surface area contributed by atoms with Gasteiger partial charge in [-0.15, -0.1) is 0 Å². The molecule has 0 bridgehead atoms. The van der Waals surface area contributed by atoms with E-state index in [2.05, 4.69) is 4.72 Å². The molecule has 94 valence electrons. The monoisotopic (exact) mass is 249 g/mol. The van der Waals surface area contributed by atoms with Gasteiger partial charge in [-0.25, -0.2) is 13.1 Å². The van der Waals surface area contributed by atoms with Crippen molar-refractivity contribution in [1.82, 2.24) is 4.72 Å². The highest BCUT2D eigenvalue weighted by atomic mass is 32.2. The largest absolute Gasteiger partial charge is 0.480 e. The van der Waals surface area contributed by atoms with E-state index in [4.69, 9.17) is 5.11 Å². The summed E-state index contributed by atoms with van der Waals surface area (Å²) in [6, 6.07) is -0.994. The van der Waals surface area contributed by atoms with Crippen LogP contribution in [-0.4, -0.2) is 30.8 Å². The van der Waals surface area contributed by atoms with Gasteiger partial charge in [0.15, 0.2) is 0 Å². The van der Waals surface area contributed by atoms with Gasteiger partial charge in [-0.3, -0.25) is 4.79 Å². The average molecular weight is 249 g/mol. The number of carboxylic acid groups (broad SMARTS) is 1. The van der Waals surface area contributed by atoms with Crippen LogP contribution in [0.5, 0.6) is 0 Å². The van der Waals surface area contributed by atoms with Crippen LogP contribution in [0.25, 0.3) is 0 Å². The van der Waals surface area contributed by atoms with Crippen LogP contribution < -0.4 is 4.72 Å². The number of hydrogen-bond acceptors (Lipinski definition) is 3. The summed E-state index contributed by atoms with van der Waals surface area (Å²) in [6.07, 6.45) is 4.45. The second kappa shape index (κ2) is 5.63. The first-order valence-corrected chi connectivity index (χ1v) is 7.26. The fourth-order valence-corrected chi connectivity index (χ4v) is 3.79. The molecule has 1 rings (SSSR count). The fourth-order valence-electron chi connectivity index (χ4n) is 1.98. The van der Waals surface area contributed by atoms with Crippen molar-refractivity contribution in [2.75, 3.05) is 0 Å². The minimum absolute atomic E-state index is 0.265. The van der Waals surface area contributed by atoms with Gasteiger partial charge >= 0.3 is 5.97 Å². The van der Waals surface area contributed by atoms with Gasteiger partial charge in [0, 0.05) is 0 Å². The molecule has 0 radical (unpaired) electrons. The van der Waals surface area contributed by atoms with E-state index in [0.717, 1.165) is 19.3 Å². The van der Waals surface area contributed by atoms with E-state index >= 15 is 0 Å². The number of rotatable bonds is 5. The summed E-state index contributed by atoms with van der Waals surface area (Å²) in [5.41, 5.74) is 0. The number of carbonyl (C=O) groups is 1. The van der Waals surface area contributed by atoms with Crippen molar-refractivity contribution in [3.05, 3.63) is 0 Å². The van der Waals surface area contributed by atoms with Crippen molar-refractivity contribution in [2.24, 2.45) is 0 Å². The first-order chi connectivity index (χ1) is 7.47. The van der Waals surface area contributed by atoms with E-state index in [1.807, 2.05) is 0 Å². The summed E-state index contributed by atoms with van der Waals surface area (Å²) in [6.45, 7) is 1.65. The summed E-state index contributed by atoms with van der Waals surface area (Å²) < 4.78 is 26.1. The number of nitrogens with one attached hydrogen (secondary N) is 1. The van der Waals surface area contributed by atoms with Gasteiger partial charge < -0.3 is 5.11 Å². The Labute approximate surface area is 96.3 Å². The molecule has 0 aliphatic heterocycles. The Balaban J connectivity index is 2.65. The quantitative estimate of drug-likeness (QED) is 0.764. The summed E-state index contributed by atoms with van der Waals surface area (Å²) in [5.74, 6) is -1.11. The lowest BCUT2D eigenvalue weighted by Gasteiger charge is -2.23. The third kappa shape index (κ3) is 3.45. The maximum absolute atomic E-state index is 11.9. The lowest BCUT2D eigenvalue weighted by atomic mass is 10.0. The predicted molar refractivity (Wildman–Crippen MR) is 60.6 cm³/mol. The average Bonchev–Trinajstić information content (AvgIpc) is 2.27. The zero-order chi connectivity index (χ0) is 12.2. The highest BCUT2D eigenvalue weighted by Gasteiger charge is 2.30. The summed E-state index contributed by atoms with van der Waals surface area (Å²) in [5, 5.41) is 8.40. The summed E-state index contributed by atoms with van der Waals surface area (Å²) in [4.78, 5) is 10.8. The first kappa shape index (κ1) is 13.4. The highest BCUT2D eigenvalue weighted by Crippen LogP contribution is 2.23. The van der Waals surface area contributed by atoms with Crippen LogP contribution in [-0.2, 0) is 14.8 Å². The van der Waals surface area contributed by atoms with Crippen molar-refractivity contribution in [2.45, 2.75) is 56.7 Å². The van der Waals surface area contributed by atoms with Crippen LogP contribution in [0.1, 0.15) is 45.4 Å². The van der Waals surface area contributed by atoms with Gasteiger partial charge in [-0.05, 0) is 19.3 Å². The minimum Gasteiger partial charge on any atom is -0.480 e. The van der Waals surface area contributed by atoms with Crippen molar-refractivity contribution >= 4 is 16.0 Å². The van der Waals surface area contributed by atoms with E-state index < -0.39 is 27.3 Å². The normalized spacial score (nSPS) is 20.6. The zero-order valence-corrected chi connectivity index (χ0v) is 10.3. The van der Waals surface area contributed by atoms with Crippen LogP contribution in [0, 0.1) is 0 Å². The zero-order valence-electron chi connectivity index (χ0n) is 9.48. The molecular weight excluding hydrogens is 230 g/mol. The molecule has 1 fully saturated rings. The van der Waals surface area contributed by atoms with Gasteiger partial charge in [-0.2, -0.15) is 0 Å². The fraction of sp³-hybridized carbons (Fsp3) is 0.900. The Morgan fingerprint density at radius 3 is 2.38 bits per heavy atom. The Bertz CT molecular complexity index is 333. The number of sulfonamides is 1. The molecule has 2 N–H and O–H groups in total. The number of aliphatic carboxylic acids is 1. The van der Waals surface area contributed by atoms with Gasteiger partial charge in [0.25, 0.3) is 0 Å². The highest BCUT2D eigenvalue weighted by molar-refractivity contribution is 7.90. The molecule has 0 aromatic heterocycles. The van der Waals surface area contributed by atoms with Gasteiger partial charge in [0.1, 0.15) is 6.04 Å². The predicted octanol–water partition coefficient (Wildman–Crippen LogP) is 1.10. The maximum Gasteiger partial charge on any atom is 0.321 e. The van der Waals surface area contributed by atoms with Crippen molar-refractivity contribution in [1.29, 1.82) is 0 Å². The standard InChI is InChI=1S/C10H19NO4S/c1-2-9(10(12)13)11-16(14,15)8-6-4-3-5-7-8/h8-9,11H,2-7H2,1H3,(H,12,13). The lowest BCUT2D eigenvalue weighted by molar-refractivity contribution is -0.139. The molecule has 1 atom stereocenters. The Morgan fingerprint density at radius 1 is 1.38 bits per heavy atom. The van der Waals surface area contributed by atoms with E-state index in [0.29, 0.717) is 12.8 Å². The van der Waals surface area contributed by atoms with Crippen molar-refractivity contribution in [3.63, 3.8) is 0 Å². The smallest absolute Gasteiger partial charge is 0.321 e. The molecule has 5 nitrogen and oxygen atoms in total.